The standard InChI is InChI=1S/C13H15NO3/c1-8(2)17-11-6-4-3-5-9(11)10-7-12(15)14-13(10)16/h3-6,8,10H,7H2,1-2H3,(H,14,15,16). The van der Waals surface area contributed by atoms with Crippen molar-refractivity contribution in [1.29, 1.82) is 0 Å². The van der Waals surface area contributed by atoms with Gasteiger partial charge in [0.15, 0.2) is 0 Å². The van der Waals surface area contributed by atoms with Crippen molar-refractivity contribution in [2.45, 2.75) is 32.3 Å². The van der Waals surface area contributed by atoms with Crippen molar-refractivity contribution < 1.29 is 14.3 Å². The first kappa shape index (κ1) is 11.6. The molecule has 2 amide bonds. The highest BCUT2D eigenvalue weighted by Crippen LogP contribution is 2.32. The molecule has 1 unspecified atom stereocenters. The van der Waals surface area contributed by atoms with E-state index < -0.39 is 5.92 Å². The first-order valence-corrected chi connectivity index (χ1v) is 5.67. The summed E-state index contributed by atoms with van der Waals surface area (Å²) in [5, 5.41) is 2.31. The second-order valence-electron chi connectivity index (χ2n) is 4.37. The number of hydrogen-bond donors (Lipinski definition) is 1. The molecule has 1 aliphatic heterocycles. The Balaban J connectivity index is 2.31. The van der Waals surface area contributed by atoms with Gasteiger partial charge in [0.05, 0.1) is 12.0 Å². The fraction of sp³-hybridized carbons (Fsp3) is 0.385. The molecule has 2 rings (SSSR count). The SMILES string of the molecule is CC(C)Oc1ccccc1C1CC(=O)NC1=O. The zero-order valence-corrected chi connectivity index (χ0v) is 9.90. The highest BCUT2D eigenvalue weighted by molar-refractivity contribution is 6.06. The molecule has 0 radical (unpaired) electrons. The van der Waals surface area contributed by atoms with Crippen molar-refractivity contribution in [2.75, 3.05) is 0 Å². The number of ether oxygens (including phenoxy) is 1. The van der Waals surface area contributed by atoms with Gasteiger partial charge in [-0.3, -0.25) is 14.9 Å². The van der Waals surface area contributed by atoms with Gasteiger partial charge in [-0.2, -0.15) is 0 Å². The van der Waals surface area contributed by atoms with Crippen molar-refractivity contribution in [3.63, 3.8) is 0 Å². The predicted molar refractivity (Wildman–Crippen MR) is 62.7 cm³/mol. The molecule has 0 aliphatic carbocycles. The number of nitrogens with one attached hydrogen (secondary N) is 1. The number of hydrogen-bond acceptors (Lipinski definition) is 3. The van der Waals surface area contributed by atoms with Crippen molar-refractivity contribution in [1.82, 2.24) is 5.32 Å². The van der Waals surface area contributed by atoms with Crippen LogP contribution in [0.4, 0.5) is 0 Å². The van der Waals surface area contributed by atoms with Crippen LogP contribution in [0.25, 0.3) is 0 Å². The summed E-state index contributed by atoms with van der Waals surface area (Å²) in [5.74, 6) is -0.205. The molecule has 0 spiro atoms. The van der Waals surface area contributed by atoms with Gasteiger partial charge in [-0.05, 0) is 19.9 Å². The van der Waals surface area contributed by atoms with Crippen LogP contribution in [0.2, 0.25) is 0 Å². The van der Waals surface area contributed by atoms with Gasteiger partial charge in [-0.1, -0.05) is 18.2 Å². The average Bonchev–Trinajstić information content (AvgIpc) is 2.58. The summed E-state index contributed by atoms with van der Waals surface area (Å²) in [7, 11) is 0. The number of amides is 2. The third-order valence-electron chi connectivity index (χ3n) is 2.63. The van der Waals surface area contributed by atoms with Gasteiger partial charge >= 0.3 is 0 Å². The lowest BCUT2D eigenvalue weighted by molar-refractivity contribution is -0.125. The molecule has 1 saturated heterocycles. The van der Waals surface area contributed by atoms with Crippen molar-refractivity contribution >= 4 is 11.8 Å². The van der Waals surface area contributed by atoms with Crippen LogP contribution in [0.5, 0.6) is 5.75 Å². The van der Waals surface area contributed by atoms with E-state index in [4.69, 9.17) is 4.74 Å². The third-order valence-corrected chi connectivity index (χ3v) is 2.63. The second kappa shape index (κ2) is 4.57. The molecule has 0 saturated carbocycles. The maximum absolute atomic E-state index is 11.6. The highest BCUT2D eigenvalue weighted by Gasteiger charge is 2.33. The van der Waals surface area contributed by atoms with E-state index in [1.165, 1.54) is 0 Å². The van der Waals surface area contributed by atoms with Crippen LogP contribution in [-0.2, 0) is 9.59 Å². The van der Waals surface area contributed by atoms with Gasteiger partial charge in [-0.25, -0.2) is 0 Å². The van der Waals surface area contributed by atoms with Gasteiger partial charge in [0, 0.05) is 12.0 Å². The molecule has 1 aromatic carbocycles. The van der Waals surface area contributed by atoms with Crippen LogP contribution in [0.15, 0.2) is 24.3 Å². The molecule has 1 aromatic rings. The van der Waals surface area contributed by atoms with Crippen LogP contribution in [0.1, 0.15) is 31.7 Å². The van der Waals surface area contributed by atoms with E-state index in [-0.39, 0.29) is 24.3 Å². The Bertz CT molecular complexity index is 454. The monoisotopic (exact) mass is 233 g/mol. The predicted octanol–water partition coefficient (Wildman–Crippen LogP) is 1.60. The van der Waals surface area contributed by atoms with Gasteiger partial charge in [0.2, 0.25) is 11.8 Å². The van der Waals surface area contributed by atoms with Crippen LogP contribution in [0, 0.1) is 0 Å². The first-order chi connectivity index (χ1) is 8.08. The number of carbonyl (C=O) groups is 2. The van der Waals surface area contributed by atoms with E-state index in [0.717, 1.165) is 5.56 Å². The molecule has 90 valence electrons. The fourth-order valence-electron chi connectivity index (χ4n) is 1.93. The number of rotatable bonds is 3. The number of carbonyl (C=O) groups excluding carboxylic acids is 2. The smallest absolute Gasteiger partial charge is 0.234 e. The summed E-state index contributed by atoms with van der Waals surface area (Å²) >= 11 is 0. The fourth-order valence-corrected chi connectivity index (χ4v) is 1.93. The lowest BCUT2D eigenvalue weighted by Gasteiger charge is -2.16. The van der Waals surface area contributed by atoms with Gasteiger partial charge in [-0.15, -0.1) is 0 Å². The molecular weight excluding hydrogens is 218 g/mol. The zero-order chi connectivity index (χ0) is 12.4. The Kier molecular flexibility index (Phi) is 3.13. The number of para-hydroxylation sites is 1. The Hall–Kier alpha value is -1.84. The Morgan fingerprint density at radius 2 is 2.00 bits per heavy atom. The lowest BCUT2D eigenvalue weighted by atomic mass is 9.96. The van der Waals surface area contributed by atoms with Gasteiger partial charge < -0.3 is 4.74 Å². The highest BCUT2D eigenvalue weighted by atomic mass is 16.5. The molecule has 0 bridgehead atoms. The van der Waals surface area contributed by atoms with E-state index in [1.807, 2.05) is 38.1 Å². The Morgan fingerprint density at radius 3 is 2.59 bits per heavy atom. The summed E-state index contributed by atoms with van der Waals surface area (Å²) in [4.78, 5) is 22.8. The summed E-state index contributed by atoms with van der Waals surface area (Å²) in [6.07, 6.45) is 0.244. The van der Waals surface area contributed by atoms with Gasteiger partial charge in [0.25, 0.3) is 0 Å². The van der Waals surface area contributed by atoms with Gasteiger partial charge in [0.1, 0.15) is 5.75 Å². The maximum atomic E-state index is 11.6. The summed E-state index contributed by atoms with van der Waals surface area (Å²) in [5.41, 5.74) is 0.782. The molecule has 4 heteroatoms. The van der Waals surface area contributed by atoms with E-state index in [1.54, 1.807) is 0 Å². The molecule has 1 heterocycles. The second-order valence-corrected chi connectivity index (χ2v) is 4.37. The minimum absolute atomic E-state index is 0.0383. The minimum atomic E-state index is -0.419. The van der Waals surface area contributed by atoms with Crippen LogP contribution < -0.4 is 10.1 Å². The van der Waals surface area contributed by atoms with E-state index in [0.29, 0.717) is 5.75 Å². The summed E-state index contributed by atoms with van der Waals surface area (Å²) in [6.45, 7) is 3.85. The van der Waals surface area contributed by atoms with E-state index in [9.17, 15) is 9.59 Å². The molecule has 1 fully saturated rings. The third kappa shape index (κ3) is 2.46. The maximum Gasteiger partial charge on any atom is 0.234 e. The minimum Gasteiger partial charge on any atom is -0.491 e. The number of benzene rings is 1. The molecule has 1 aliphatic rings. The number of imide groups is 1. The summed E-state index contributed by atoms with van der Waals surface area (Å²) in [6, 6.07) is 7.36. The zero-order valence-electron chi connectivity index (χ0n) is 9.90. The van der Waals surface area contributed by atoms with Crippen molar-refractivity contribution in [3.05, 3.63) is 29.8 Å². The topological polar surface area (TPSA) is 55.4 Å². The molecule has 0 aromatic heterocycles. The average molecular weight is 233 g/mol. The summed E-state index contributed by atoms with van der Waals surface area (Å²) < 4.78 is 5.65. The van der Waals surface area contributed by atoms with Crippen molar-refractivity contribution in [3.8, 4) is 5.75 Å². The van der Waals surface area contributed by atoms with Crippen LogP contribution >= 0.6 is 0 Å². The van der Waals surface area contributed by atoms with E-state index in [2.05, 4.69) is 5.32 Å². The molecule has 17 heavy (non-hydrogen) atoms. The molecule has 1 atom stereocenters. The quantitative estimate of drug-likeness (QED) is 0.807. The first-order valence-electron chi connectivity index (χ1n) is 5.67. The lowest BCUT2D eigenvalue weighted by Crippen LogP contribution is -2.21. The molecular formula is C13H15NO3. The largest absolute Gasteiger partial charge is 0.491 e. The molecule has 4 nitrogen and oxygen atoms in total. The Labute approximate surface area is 100.0 Å². The van der Waals surface area contributed by atoms with Crippen LogP contribution in [0.3, 0.4) is 0 Å². The molecule has 1 N–H and O–H groups in total. The van der Waals surface area contributed by atoms with E-state index >= 15 is 0 Å². The van der Waals surface area contributed by atoms with Crippen LogP contribution in [-0.4, -0.2) is 17.9 Å². The Morgan fingerprint density at radius 1 is 1.29 bits per heavy atom. The normalized spacial score (nSPS) is 19.6. The van der Waals surface area contributed by atoms with Crippen molar-refractivity contribution in [2.24, 2.45) is 0 Å².